The predicted molar refractivity (Wildman–Crippen MR) is 91.9 cm³/mol. The number of rotatable bonds is 5. The monoisotopic (exact) mass is 305 g/mol. The summed E-state index contributed by atoms with van der Waals surface area (Å²) in [6.45, 7) is 0. The van der Waals surface area contributed by atoms with Gasteiger partial charge in [-0.05, 0) is 22.6 Å². The molecule has 0 bridgehead atoms. The second-order valence-corrected chi connectivity index (χ2v) is 5.79. The molecule has 2 aromatic carbocycles. The number of thiophene rings is 1. The van der Waals surface area contributed by atoms with Gasteiger partial charge in [0.05, 0.1) is 11.1 Å². The van der Waals surface area contributed by atoms with E-state index in [1.165, 1.54) is 17.6 Å². The van der Waals surface area contributed by atoms with Gasteiger partial charge in [-0.15, -0.1) is 11.3 Å². The van der Waals surface area contributed by atoms with E-state index in [0.717, 1.165) is 11.1 Å². The molecule has 108 valence electrons. The van der Waals surface area contributed by atoms with E-state index in [1.54, 1.807) is 0 Å². The Kier molecular flexibility index (Phi) is 4.56. The molecule has 0 radical (unpaired) electrons. The van der Waals surface area contributed by atoms with Crippen molar-refractivity contribution in [3.05, 3.63) is 94.2 Å². The Bertz CT molecular complexity index is 709. The van der Waals surface area contributed by atoms with Crippen molar-refractivity contribution in [3.63, 3.8) is 0 Å². The molecule has 1 heterocycles. The summed E-state index contributed by atoms with van der Waals surface area (Å²) in [4.78, 5) is 17.4. The van der Waals surface area contributed by atoms with Gasteiger partial charge >= 0.3 is 0 Å². The first-order valence-corrected chi connectivity index (χ1v) is 7.93. The van der Waals surface area contributed by atoms with E-state index in [4.69, 9.17) is 0 Å². The van der Waals surface area contributed by atoms with Crippen molar-refractivity contribution in [2.24, 2.45) is 4.99 Å². The molecule has 0 saturated heterocycles. The number of hydrogen-bond donors (Lipinski definition) is 0. The number of carbonyl (C=O) groups is 1. The minimum atomic E-state index is -0.161. The van der Waals surface area contributed by atoms with Crippen molar-refractivity contribution < 1.29 is 4.79 Å². The van der Waals surface area contributed by atoms with Gasteiger partial charge in [0.15, 0.2) is 0 Å². The zero-order chi connectivity index (χ0) is 15.2. The van der Waals surface area contributed by atoms with Crippen LogP contribution in [0.4, 0.5) is 0 Å². The molecule has 0 atom stereocenters. The topological polar surface area (TPSA) is 29.4 Å². The zero-order valence-electron chi connectivity index (χ0n) is 11.9. The molecule has 0 saturated carbocycles. The van der Waals surface area contributed by atoms with Crippen LogP contribution in [0.1, 0.15) is 26.8 Å². The second-order valence-electron chi connectivity index (χ2n) is 4.84. The van der Waals surface area contributed by atoms with Crippen molar-refractivity contribution in [2.45, 2.75) is 6.04 Å². The molecular weight excluding hydrogens is 290 g/mol. The number of nitrogens with zero attached hydrogens (tertiary/aromatic N) is 1. The van der Waals surface area contributed by atoms with Crippen LogP contribution >= 0.6 is 11.3 Å². The number of ketones is 1. The van der Waals surface area contributed by atoms with Crippen LogP contribution in [0.2, 0.25) is 0 Å². The van der Waals surface area contributed by atoms with E-state index < -0.39 is 0 Å². The molecule has 22 heavy (non-hydrogen) atoms. The fourth-order valence-electron chi connectivity index (χ4n) is 2.26. The summed E-state index contributed by atoms with van der Waals surface area (Å²) in [5, 5.41) is 1.90. The van der Waals surface area contributed by atoms with Crippen LogP contribution in [0.5, 0.6) is 0 Å². The van der Waals surface area contributed by atoms with E-state index in [0.29, 0.717) is 4.88 Å². The van der Waals surface area contributed by atoms with Gasteiger partial charge in [0, 0.05) is 0 Å². The van der Waals surface area contributed by atoms with Crippen molar-refractivity contribution >= 4 is 23.3 Å². The molecule has 0 N–H and O–H groups in total. The quantitative estimate of drug-likeness (QED) is 0.492. The third-order valence-corrected chi connectivity index (χ3v) is 4.22. The van der Waals surface area contributed by atoms with E-state index >= 15 is 0 Å². The van der Waals surface area contributed by atoms with Crippen LogP contribution < -0.4 is 0 Å². The fraction of sp³-hybridized carbons (Fsp3) is 0.0526. The van der Waals surface area contributed by atoms with Crippen molar-refractivity contribution in [3.8, 4) is 0 Å². The van der Waals surface area contributed by atoms with Gasteiger partial charge in [-0.2, -0.15) is 0 Å². The first kappa shape index (κ1) is 14.4. The maximum atomic E-state index is 12.1. The third kappa shape index (κ3) is 3.38. The van der Waals surface area contributed by atoms with Crippen LogP contribution in [-0.4, -0.2) is 12.0 Å². The van der Waals surface area contributed by atoms with Gasteiger partial charge < -0.3 is 0 Å². The van der Waals surface area contributed by atoms with E-state index in [1.807, 2.05) is 78.2 Å². The highest BCUT2D eigenvalue weighted by molar-refractivity contribution is 7.12. The Hall–Kier alpha value is -2.52. The average molecular weight is 305 g/mol. The molecule has 0 fully saturated rings. The van der Waals surface area contributed by atoms with Crippen LogP contribution in [0.25, 0.3) is 0 Å². The molecule has 0 amide bonds. The maximum Gasteiger partial charge on any atom is 0.213 e. The Labute approximate surface area is 133 Å². The van der Waals surface area contributed by atoms with Crippen LogP contribution in [0.15, 0.2) is 83.2 Å². The van der Waals surface area contributed by atoms with Gasteiger partial charge in [0.2, 0.25) is 5.78 Å². The van der Waals surface area contributed by atoms with E-state index in [9.17, 15) is 4.79 Å². The van der Waals surface area contributed by atoms with E-state index in [-0.39, 0.29) is 11.8 Å². The summed E-state index contributed by atoms with van der Waals surface area (Å²) in [6.07, 6.45) is 1.44. The average Bonchev–Trinajstić information content (AvgIpc) is 3.11. The highest BCUT2D eigenvalue weighted by Gasteiger charge is 2.12. The molecule has 0 aliphatic heterocycles. The summed E-state index contributed by atoms with van der Waals surface area (Å²) in [5.74, 6) is -0.0492. The van der Waals surface area contributed by atoms with Crippen molar-refractivity contribution in [1.29, 1.82) is 0 Å². The lowest BCUT2D eigenvalue weighted by Crippen LogP contribution is -2.03. The Morgan fingerprint density at radius 3 is 1.95 bits per heavy atom. The standard InChI is InChI=1S/C19H15NOS/c21-17(18-12-7-13-22-18)14-20-19(15-8-3-1-4-9-15)16-10-5-2-6-11-16/h1-14,19H. The van der Waals surface area contributed by atoms with Gasteiger partial charge in [-0.3, -0.25) is 9.79 Å². The highest BCUT2D eigenvalue weighted by atomic mass is 32.1. The molecule has 0 aliphatic rings. The van der Waals surface area contributed by atoms with Crippen molar-refractivity contribution in [2.75, 3.05) is 0 Å². The first-order chi connectivity index (χ1) is 10.8. The predicted octanol–water partition coefficient (Wildman–Crippen LogP) is 4.79. The molecule has 3 aromatic rings. The minimum Gasteiger partial charge on any atom is -0.287 e. The van der Waals surface area contributed by atoms with Crippen LogP contribution in [0.3, 0.4) is 0 Å². The minimum absolute atomic E-state index is 0.0492. The normalized spacial score (nSPS) is 11.1. The lowest BCUT2D eigenvalue weighted by atomic mass is 9.99. The summed E-state index contributed by atoms with van der Waals surface area (Å²) < 4.78 is 0. The molecule has 0 unspecified atom stereocenters. The summed E-state index contributed by atoms with van der Waals surface area (Å²) in [6, 6.07) is 23.6. The highest BCUT2D eigenvalue weighted by Crippen LogP contribution is 2.25. The first-order valence-electron chi connectivity index (χ1n) is 7.05. The summed E-state index contributed by atoms with van der Waals surface area (Å²) >= 11 is 1.43. The molecule has 3 rings (SSSR count). The molecule has 0 spiro atoms. The SMILES string of the molecule is O=C(C=NC(c1ccccc1)c1ccccc1)c1cccs1. The van der Waals surface area contributed by atoms with Gasteiger partial charge in [-0.25, -0.2) is 0 Å². The summed E-state index contributed by atoms with van der Waals surface area (Å²) in [7, 11) is 0. The van der Waals surface area contributed by atoms with Gasteiger partial charge in [0.1, 0.15) is 6.04 Å². The molecule has 1 aromatic heterocycles. The van der Waals surface area contributed by atoms with Crippen LogP contribution in [-0.2, 0) is 0 Å². The lowest BCUT2D eigenvalue weighted by Gasteiger charge is -2.13. The Morgan fingerprint density at radius 1 is 0.864 bits per heavy atom. The molecule has 2 nitrogen and oxygen atoms in total. The summed E-state index contributed by atoms with van der Waals surface area (Å²) in [5.41, 5.74) is 2.15. The van der Waals surface area contributed by atoms with Gasteiger partial charge in [0.25, 0.3) is 0 Å². The number of benzene rings is 2. The Morgan fingerprint density at radius 2 is 1.45 bits per heavy atom. The molecule has 3 heteroatoms. The molecule has 0 aliphatic carbocycles. The Balaban J connectivity index is 1.91. The van der Waals surface area contributed by atoms with Gasteiger partial charge in [-0.1, -0.05) is 66.7 Å². The fourth-order valence-corrected chi connectivity index (χ4v) is 2.89. The second kappa shape index (κ2) is 6.96. The van der Waals surface area contributed by atoms with E-state index in [2.05, 4.69) is 4.99 Å². The number of hydrogen-bond acceptors (Lipinski definition) is 3. The third-order valence-electron chi connectivity index (χ3n) is 3.34. The maximum absolute atomic E-state index is 12.1. The number of carbonyl (C=O) groups excluding carboxylic acids is 1. The molecular formula is C19H15NOS. The smallest absolute Gasteiger partial charge is 0.213 e. The largest absolute Gasteiger partial charge is 0.287 e. The number of Topliss-reactive ketones (excluding diaryl/α,β-unsaturated/α-hetero) is 1. The zero-order valence-corrected chi connectivity index (χ0v) is 12.7. The lowest BCUT2D eigenvalue weighted by molar-refractivity contribution is 0.107. The van der Waals surface area contributed by atoms with Crippen molar-refractivity contribution in [1.82, 2.24) is 0 Å². The number of aliphatic imine (C=N–C) groups is 1. The van der Waals surface area contributed by atoms with Crippen LogP contribution in [0, 0.1) is 0 Å².